The molecule has 1 atom stereocenters. The van der Waals surface area contributed by atoms with Crippen LogP contribution in [0.25, 0.3) is 11.3 Å². The Bertz CT molecular complexity index is 1200. The maximum atomic E-state index is 6.34. The summed E-state index contributed by atoms with van der Waals surface area (Å²) in [6, 6.07) is 26.1. The quantitative estimate of drug-likeness (QED) is 0.382. The number of nitrogens with one attached hydrogen (secondary N) is 1. The number of hydrogen-bond donors (Lipinski definition) is 1. The zero-order valence-electron chi connectivity index (χ0n) is 17.6. The Labute approximate surface area is 191 Å². The summed E-state index contributed by atoms with van der Waals surface area (Å²) in [4.78, 5) is 4.71. The van der Waals surface area contributed by atoms with E-state index in [1.54, 1.807) is 0 Å². The van der Waals surface area contributed by atoms with Gasteiger partial charge in [-0.15, -0.1) is 10.2 Å². The zero-order chi connectivity index (χ0) is 21.8. The minimum absolute atomic E-state index is 0.420. The molecule has 7 heteroatoms. The number of thioether (sulfide) groups is 1. The minimum atomic E-state index is -0.420. The number of anilines is 1. The normalized spacial score (nSPS) is 14.3. The van der Waals surface area contributed by atoms with Gasteiger partial charge in [-0.3, -0.25) is 0 Å². The fraction of sp³-hybridized carbons (Fsp3) is 0.160. The van der Waals surface area contributed by atoms with Crippen molar-refractivity contribution in [2.75, 3.05) is 11.9 Å². The summed E-state index contributed by atoms with van der Waals surface area (Å²) in [6.07, 6.45) is -0.420. The van der Waals surface area contributed by atoms with Crippen molar-refractivity contribution in [3.63, 3.8) is 0 Å². The average molecular weight is 443 g/mol. The number of ether oxygens (including phenoxy) is 2. The Hall–Kier alpha value is -3.58. The Morgan fingerprint density at radius 3 is 2.53 bits per heavy atom. The highest BCUT2D eigenvalue weighted by Crippen LogP contribution is 2.39. The predicted molar refractivity (Wildman–Crippen MR) is 126 cm³/mol. The molecule has 1 N–H and O–H groups in total. The third-order valence-electron chi connectivity index (χ3n) is 5.04. The fourth-order valence-electron chi connectivity index (χ4n) is 3.49. The lowest BCUT2D eigenvalue weighted by Crippen LogP contribution is -2.17. The van der Waals surface area contributed by atoms with Crippen LogP contribution in [-0.4, -0.2) is 21.8 Å². The number of rotatable bonds is 6. The van der Waals surface area contributed by atoms with E-state index in [1.807, 2.05) is 73.7 Å². The van der Waals surface area contributed by atoms with E-state index < -0.39 is 6.23 Å². The summed E-state index contributed by atoms with van der Waals surface area (Å²) in [6.45, 7) is 2.60. The number of hydrogen-bond acceptors (Lipinski definition) is 7. The molecule has 0 spiro atoms. The first-order valence-corrected chi connectivity index (χ1v) is 11.5. The molecule has 1 aliphatic rings. The van der Waals surface area contributed by atoms with Gasteiger partial charge >= 0.3 is 0 Å². The summed E-state index contributed by atoms with van der Waals surface area (Å²) in [5.74, 6) is 2.06. The molecule has 5 rings (SSSR count). The third kappa shape index (κ3) is 4.38. The van der Waals surface area contributed by atoms with Gasteiger partial charge in [-0.25, -0.2) is 0 Å². The van der Waals surface area contributed by atoms with Crippen LogP contribution in [0.15, 0.2) is 84.0 Å². The van der Waals surface area contributed by atoms with Crippen LogP contribution < -0.4 is 14.8 Å². The lowest BCUT2D eigenvalue weighted by Gasteiger charge is -2.19. The van der Waals surface area contributed by atoms with Gasteiger partial charge in [0.15, 0.2) is 11.9 Å². The maximum Gasteiger partial charge on any atom is 0.247 e. The molecular formula is C25H22N4O2S. The van der Waals surface area contributed by atoms with E-state index in [1.165, 1.54) is 17.3 Å². The second-order valence-corrected chi connectivity index (χ2v) is 8.15. The number of benzene rings is 3. The summed E-state index contributed by atoms with van der Waals surface area (Å²) >= 11 is 1.54. The summed E-state index contributed by atoms with van der Waals surface area (Å²) in [7, 11) is 0. The Kier molecular flexibility index (Phi) is 5.89. The Morgan fingerprint density at radius 1 is 0.938 bits per heavy atom. The summed E-state index contributed by atoms with van der Waals surface area (Å²) < 4.78 is 11.9. The molecule has 0 bridgehead atoms. The van der Waals surface area contributed by atoms with Crippen molar-refractivity contribution in [2.45, 2.75) is 24.1 Å². The van der Waals surface area contributed by atoms with Gasteiger partial charge in [0.1, 0.15) is 5.75 Å². The van der Waals surface area contributed by atoms with Gasteiger partial charge in [0.05, 0.1) is 6.61 Å². The molecule has 0 saturated carbocycles. The van der Waals surface area contributed by atoms with Crippen molar-refractivity contribution in [1.82, 2.24) is 15.2 Å². The van der Waals surface area contributed by atoms with E-state index in [2.05, 4.69) is 27.6 Å². The monoisotopic (exact) mass is 442 g/mol. The van der Waals surface area contributed by atoms with Crippen LogP contribution in [0, 0.1) is 0 Å². The first-order valence-electron chi connectivity index (χ1n) is 10.5. The average Bonchev–Trinajstić information content (AvgIpc) is 3.00. The Balaban J connectivity index is 1.46. The summed E-state index contributed by atoms with van der Waals surface area (Å²) in [5.41, 5.74) is 4.64. The molecule has 0 radical (unpaired) electrons. The highest BCUT2D eigenvalue weighted by Gasteiger charge is 2.26. The van der Waals surface area contributed by atoms with Gasteiger partial charge in [-0.05, 0) is 42.8 Å². The lowest BCUT2D eigenvalue weighted by molar-refractivity contribution is 0.225. The first kappa shape index (κ1) is 20.3. The number of aromatic nitrogens is 3. The number of nitrogens with zero attached hydrogens (tertiary/aromatic N) is 3. The van der Waals surface area contributed by atoms with Gasteiger partial charge in [0.25, 0.3) is 0 Å². The van der Waals surface area contributed by atoms with Gasteiger partial charge < -0.3 is 14.8 Å². The van der Waals surface area contributed by atoms with Crippen molar-refractivity contribution in [3.8, 4) is 22.9 Å². The van der Waals surface area contributed by atoms with E-state index in [-0.39, 0.29) is 0 Å². The molecule has 0 fully saturated rings. The van der Waals surface area contributed by atoms with Crippen molar-refractivity contribution >= 4 is 17.4 Å². The van der Waals surface area contributed by atoms with Crippen LogP contribution in [0.1, 0.15) is 24.3 Å². The number of fused-ring (bicyclic) bond motifs is 3. The number of para-hydroxylation sites is 1. The smallest absolute Gasteiger partial charge is 0.247 e. The second-order valence-electron chi connectivity index (χ2n) is 7.21. The maximum absolute atomic E-state index is 6.34. The second kappa shape index (κ2) is 9.28. The molecule has 4 aromatic rings. The van der Waals surface area contributed by atoms with Gasteiger partial charge in [0.2, 0.25) is 11.0 Å². The highest BCUT2D eigenvalue weighted by atomic mass is 32.2. The van der Waals surface area contributed by atoms with Crippen molar-refractivity contribution < 1.29 is 9.47 Å². The predicted octanol–water partition coefficient (Wildman–Crippen LogP) is 5.73. The molecule has 1 unspecified atom stereocenters. The van der Waals surface area contributed by atoms with Crippen molar-refractivity contribution in [1.29, 1.82) is 0 Å². The Morgan fingerprint density at radius 2 is 1.72 bits per heavy atom. The van der Waals surface area contributed by atoms with E-state index in [0.29, 0.717) is 23.3 Å². The third-order valence-corrected chi connectivity index (χ3v) is 5.95. The van der Waals surface area contributed by atoms with Gasteiger partial charge in [-0.1, -0.05) is 60.3 Å². The molecule has 3 aromatic carbocycles. The van der Waals surface area contributed by atoms with E-state index in [4.69, 9.17) is 14.5 Å². The zero-order valence-corrected chi connectivity index (χ0v) is 18.4. The molecule has 6 nitrogen and oxygen atoms in total. The van der Waals surface area contributed by atoms with Crippen LogP contribution in [-0.2, 0) is 5.75 Å². The molecule has 1 aromatic heterocycles. The molecule has 160 valence electrons. The standard InChI is InChI=1S/C25H22N4O2S/c1-2-30-19-14-12-18(13-15-19)23-26-21-11-7-6-10-20(21)22-24(31-23)27-25(29-28-22)32-16-17-8-4-3-5-9-17/h3-15,23,26H,2,16H2,1H3. The van der Waals surface area contributed by atoms with Crippen LogP contribution >= 0.6 is 11.8 Å². The SMILES string of the molecule is CCOc1ccc(C2Nc3ccccc3-c3nnc(SCc4ccccc4)nc3O2)cc1. The molecule has 32 heavy (non-hydrogen) atoms. The minimum Gasteiger partial charge on any atom is -0.494 e. The molecule has 0 amide bonds. The van der Waals surface area contributed by atoms with Crippen LogP contribution in [0.3, 0.4) is 0 Å². The fourth-order valence-corrected chi connectivity index (χ4v) is 4.22. The van der Waals surface area contributed by atoms with Crippen molar-refractivity contribution in [3.05, 3.63) is 90.0 Å². The van der Waals surface area contributed by atoms with E-state index >= 15 is 0 Å². The largest absolute Gasteiger partial charge is 0.494 e. The lowest BCUT2D eigenvalue weighted by atomic mass is 10.1. The van der Waals surface area contributed by atoms with E-state index in [9.17, 15) is 0 Å². The van der Waals surface area contributed by atoms with Crippen LogP contribution in [0.4, 0.5) is 5.69 Å². The van der Waals surface area contributed by atoms with Crippen LogP contribution in [0.2, 0.25) is 0 Å². The molecule has 2 heterocycles. The topological polar surface area (TPSA) is 69.2 Å². The van der Waals surface area contributed by atoms with E-state index in [0.717, 1.165) is 28.3 Å². The first-order chi connectivity index (χ1) is 15.8. The highest BCUT2D eigenvalue weighted by molar-refractivity contribution is 7.98. The van der Waals surface area contributed by atoms with Gasteiger partial charge in [0, 0.05) is 22.6 Å². The molecule has 0 saturated heterocycles. The van der Waals surface area contributed by atoms with Crippen molar-refractivity contribution in [2.24, 2.45) is 0 Å². The summed E-state index contributed by atoms with van der Waals surface area (Å²) in [5, 5.41) is 12.9. The molecule has 0 aliphatic carbocycles. The van der Waals surface area contributed by atoms with Gasteiger partial charge in [-0.2, -0.15) is 4.98 Å². The molecular weight excluding hydrogens is 420 g/mol. The van der Waals surface area contributed by atoms with Crippen LogP contribution in [0.5, 0.6) is 11.6 Å². The molecule has 1 aliphatic heterocycles.